The van der Waals surface area contributed by atoms with E-state index in [-0.39, 0.29) is 5.91 Å². The number of benzene rings is 1. The molecule has 4 heteroatoms. The number of likely N-dealkylation sites (N-methyl/N-ethyl adjacent to an activating group) is 2. The van der Waals surface area contributed by atoms with E-state index in [1.54, 1.807) is 19.0 Å². The number of hydrogen-bond donors (Lipinski definition) is 1. The molecule has 2 rings (SSSR count). The summed E-state index contributed by atoms with van der Waals surface area (Å²) < 4.78 is 0. The van der Waals surface area contributed by atoms with Crippen LogP contribution in [0.15, 0.2) is 18.2 Å². The lowest BCUT2D eigenvalue weighted by Gasteiger charge is -2.27. The smallest absolute Gasteiger partial charge is 0.241 e. The molecule has 104 valence electrons. The molecule has 0 saturated heterocycles. The summed E-state index contributed by atoms with van der Waals surface area (Å²) >= 11 is 0. The van der Waals surface area contributed by atoms with Crippen molar-refractivity contribution in [1.29, 1.82) is 0 Å². The first-order chi connectivity index (χ1) is 8.97. The molecule has 0 bridgehead atoms. The number of nitrogens with zero attached hydrogens (tertiary/aromatic N) is 2. The maximum atomic E-state index is 11.7. The van der Waals surface area contributed by atoms with Gasteiger partial charge in [0, 0.05) is 38.6 Å². The zero-order chi connectivity index (χ0) is 14.0. The number of anilines is 2. The highest BCUT2D eigenvalue weighted by Gasteiger charge is 2.16. The van der Waals surface area contributed by atoms with Crippen LogP contribution in [0.3, 0.4) is 0 Å². The van der Waals surface area contributed by atoms with Crippen LogP contribution < -0.4 is 10.2 Å². The Morgan fingerprint density at radius 3 is 2.79 bits per heavy atom. The monoisotopic (exact) mass is 261 g/mol. The van der Waals surface area contributed by atoms with E-state index in [1.807, 2.05) is 11.9 Å². The molecule has 19 heavy (non-hydrogen) atoms. The van der Waals surface area contributed by atoms with E-state index < -0.39 is 0 Å². The Labute approximate surface area is 115 Å². The SMILES string of the molecule is CC1CCc2cc(N(C)CC(=O)N(C)C)ccc2N1. The van der Waals surface area contributed by atoms with Crippen molar-refractivity contribution in [2.45, 2.75) is 25.8 Å². The fourth-order valence-corrected chi connectivity index (χ4v) is 2.31. The first kappa shape index (κ1) is 13.7. The van der Waals surface area contributed by atoms with E-state index in [9.17, 15) is 4.79 Å². The van der Waals surface area contributed by atoms with Crippen LogP contribution in [0.25, 0.3) is 0 Å². The lowest BCUT2D eigenvalue weighted by atomic mass is 9.98. The predicted molar refractivity (Wildman–Crippen MR) is 79.8 cm³/mol. The second kappa shape index (κ2) is 5.51. The Hall–Kier alpha value is -1.71. The molecule has 1 aliphatic rings. The Bertz CT molecular complexity index is 470. The van der Waals surface area contributed by atoms with Crippen molar-refractivity contribution in [1.82, 2.24) is 4.90 Å². The summed E-state index contributed by atoms with van der Waals surface area (Å²) in [6, 6.07) is 6.94. The lowest BCUT2D eigenvalue weighted by molar-refractivity contribution is -0.127. The topological polar surface area (TPSA) is 35.6 Å². The van der Waals surface area contributed by atoms with Gasteiger partial charge in [-0.05, 0) is 43.5 Å². The van der Waals surface area contributed by atoms with Gasteiger partial charge in [0.15, 0.2) is 0 Å². The predicted octanol–water partition coefficient (Wildman–Crippen LogP) is 1.96. The van der Waals surface area contributed by atoms with E-state index in [4.69, 9.17) is 0 Å². The second-order valence-electron chi connectivity index (χ2n) is 5.57. The molecular formula is C15H23N3O. The van der Waals surface area contributed by atoms with Gasteiger partial charge in [0.2, 0.25) is 5.91 Å². The molecule has 1 unspecified atom stereocenters. The van der Waals surface area contributed by atoms with Gasteiger partial charge in [0.25, 0.3) is 0 Å². The maximum Gasteiger partial charge on any atom is 0.241 e. The number of fused-ring (bicyclic) bond motifs is 1. The molecule has 0 aromatic heterocycles. The molecule has 0 aliphatic carbocycles. The van der Waals surface area contributed by atoms with Gasteiger partial charge in [-0.25, -0.2) is 0 Å². The van der Waals surface area contributed by atoms with Crippen LogP contribution in [0.5, 0.6) is 0 Å². The number of rotatable bonds is 3. The quantitative estimate of drug-likeness (QED) is 0.903. The van der Waals surface area contributed by atoms with Crippen LogP contribution >= 0.6 is 0 Å². The van der Waals surface area contributed by atoms with Gasteiger partial charge >= 0.3 is 0 Å². The average Bonchev–Trinajstić information content (AvgIpc) is 2.37. The van der Waals surface area contributed by atoms with Crippen molar-refractivity contribution in [3.63, 3.8) is 0 Å². The van der Waals surface area contributed by atoms with Crippen molar-refractivity contribution in [3.05, 3.63) is 23.8 Å². The van der Waals surface area contributed by atoms with E-state index >= 15 is 0 Å². The molecule has 1 amide bonds. The van der Waals surface area contributed by atoms with Crippen LogP contribution in [0.4, 0.5) is 11.4 Å². The molecule has 1 aromatic rings. The summed E-state index contributed by atoms with van der Waals surface area (Å²) in [5, 5.41) is 3.49. The Kier molecular flexibility index (Phi) is 3.98. The van der Waals surface area contributed by atoms with E-state index in [0.717, 1.165) is 18.5 Å². The lowest BCUT2D eigenvalue weighted by Crippen LogP contribution is -2.34. The van der Waals surface area contributed by atoms with E-state index in [2.05, 4.69) is 30.4 Å². The third-order valence-corrected chi connectivity index (χ3v) is 3.65. The molecular weight excluding hydrogens is 238 g/mol. The molecule has 1 atom stereocenters. The third-order valence-electron chi connectivity index (χ3n) is 3.65. The van der Waals surface area contributed by atoms with E-state index in [1.165, 1.54) is 11.3 Å². The zero-order valence-corrected chi connectivity index (χ0v) is 12.2. The molecule has 1 aliphatic heterocycles. The largest absolute Gasteiger partial charge is 0.382 e. The number of aryl methyl sites for hydroxylation is 1. The number of nitrogens with one attached hydrogen (secondary N) is 1. The van der Waals surface area contributed by atoms with Crippen LogP contribution in [0.1, 0.15) is 18.9 Å². The second-order valence-corrected chi connectivity index (χ2v) is 5.57. The fourth-order valence-electron chi connectivity index (χ4n) is 2.31. The highest BCUT2D eigenvalue weighted by atomic mass is 16.2. The van der Waals surface area contributed by atoms with Crippen LogP contribution in [-0.4, -0.2) is 44.5 Å². The highest BCUT2D eigenvalue weighted by molar-refractivity contribution is 5.81. The molecule has 1 N–H and O–H groups in total. The summed E-state index contributed by atoms with van der Waals surface area (Å²) in [5.74, 6) is 0.118. The van der Waals surface area contributed by atoms with Crippen molar-refractivity contribution in [3.8, 4) is 0 Å². The molecule has 0 saturated carbocycles. The van der Waals surface area contributed by atoms with Crippen LogP contribution in [0.2, 0.25) is 0 Å². The standard InChI is InChI=1S/C15H23N3O/c1-11-5-6-12-9-13(7-8-14(12)16-11)18(4)10-15(19)17(2)3/h7-9,11,16H,5-6,10H2,1-4H3. The van der Waals surface area contributed by atoms with Gasteiger partial charge in [-0.3, -0.25) is 4.79 Å². The van der Waals surface area contributed by atoms with Crippen molar-refractivity contribution < 1.29 is 4.79 Å². The Morgan fingerprint density at radius 1 is 1.37 bits per heavy atom. The van der Waals surface area contributed by atoms with Gasteiger partial charge in [-0.2, -0.15) is 0 Å². The van der Waals surface area contributed by atoms with Crippen molar-refractivity contribution in [2.75, 3.05) is 37.9 Å². The summed E-state index contributed by atoms with van der Waals surface area (Å²) in [6.45, 7) is 2.62. The third kappa shape index (κ3) is 3.19. The van der Waals surface area contributed by atoms with Gasteiger partial charge in [-0.1, -0.05) is 0 Å². The number of hydrogen-bond acceptors (Lipinski definition) is 3. The number of amides is 1. The van der Waals surface area contributed by atoms with Crippen LogP contribution in [0, 0.1) is 0 Å². The molecule has 1 aromatic carbocycles. The van der Waals surface area contributed by atoms with Gasteiger partial charge < -0.3 is 15.1 Å². The first-order valence-corrected chi connectivity index (χ1v) is 6.78. The van der Waals surface area contributed by atoms with Crippen LogP contribution in [-0.2, 0) is 11.2 Å². The van der Waals surface area contributed by atoms with Gasteiger partial charge in [0.1, 0.15) is 0 Å². The summed E-state index contributed by atoms with van der Waals surface area (Å²) in [5.41, 5.74) is 3.68. The number of carbonyl (C=O) groups is 1. The molecule has 0 spiro atoms. The number of carbonyl (C=O) groups excluding carboxylic acids is 1. The molecule has 0 fully saturated rings. The van der Waals surface area contributed by atoms with Gasteiger partial charge in [0.05, 0.1) is 6.54 Å². The zero-order valence-electron chi connectivity index (χ0n) is 12.2. The average molecular weight is 261 g/mol. The van der Waals surface area contributed by atoms with Crippen molar-refractivity contribution in [2.24, 2.45) is 0 Å². The normalized spacial score (nSPS) is 17.4. The maximum absolute atomic E-state index is 11.7. The van der Waals surface area contributed by atoms with Gasteiger partial charge in [-0.15, -0.1) is 0 Å². The minimum Gasteiger partial charge on any atom is -0.382 e. The molecule has 4 nitrogen and oxygen atoms in total. The van der Waals surface area contributed by atoms with Crippen molar-refractivity contribution >= 4 is 17.3 Å². The first-order valence-electron chi connectivity index (χ1n) is 6.78. The minimum absolute atomic E-state index is 0.118. The minimum atomic E-state index is 0.118. The Balaban J connectivity index is 2.11. The fraction of sp³-hybridized carbons (Fsp3) is 0.533. The summed E-state index contributed by atoms with van der Waals surface area (Å²) in [4.78, 5) is 15.4. The molecule has 1 heterocycles. The van der Waals surface area contributed by atoms with E-state index in [0.29, 0.717) is 12.6 Å². The Morgan fingerprint density at radius 2 is 2.11 bits per heavy atom. The highest BCUT2D eigenvalue weighted by Crippen LogP contribution is 2.28. The summed E-state index contributed by atoms with van der Waals surface area (Å²) in [6.07, 6.45) is 2.27. The summed E-state index contributed by atoms with van der Waals surface area (Å²) in [7, 11) is 5.53. The molecule has 0 radical (unpaired) electrons.